The zero-order valence-corrected chi connectivity index (χ0v) is 12.7. The molecule has 0 bridgehead atoms. The third-order valence-electron chi connectivity index (χ3n) is 2.88. The molecule has 0 aliphatic heterocycles. The Labute approximate surface area is 129 Å². The molecule has 1 aromatic carbocycles. The first-order chi connectivity index (χ1) is 10.2. The maximum absolute atomic E-state index is 11.0. The number of carbonyl (C=O) groups excluding carboxylic acids is 1. The summed E-state index contributed by atoms with van der Waals surface area (Å²) in [5, 5.41) is 0.646. The van der Waals surface area contributed by atoms with Gasteiger partial charge in [0.15, 0.2) is 5.82 Å². The molecule has 0 saturated carbocycles. The minimum atomic E-state index is 0.521. The van der Waals surface area contributed by atoms with Crippen molar-refractivity contribution >= 4 is 35.7 Å². The Balaban J connectivity index is 2.50. The van der Waals surface area contributed by atoms with Crippen molar-refractivity contribution in [1.29, 1.82) is 0 Å². The van der Waals surface area contributed by atoms with E-state index < -0.39 is 0 Å². The van der Waals surface area contributed by atoms with E-state index in [0.717, 1.165) is 24.1 Å². The second-order valence-corrected chi connectivity index (χ2v) is 4.92. The van der Waals surface area contributed by atoms with Gasteiger partial charge in [0.2, 0.25) is 6.41 Å². The highest BCUT2D eigenvalue weighted by atomic mass is 35.5. The fourth-order valence-electron chi connectivity index (χ4n) is 1.85. The summed E-state index contributed by atoms with van der Waals surface area (Å²) < 4.78 is 0. The molecule has 2 rings (SSSR count). The molecule has 0 fully saturated rings. The quantitative estimate of drug-likeness (QED) is 0.616. The molecule has 2 aromatic rings. The average molecular weight is 302 g/mol. The van der Waals surface area contributed by atoms with Gasteiger partial charge in [-0.25, -0.2) is 4.98 Å². The molecule has 0 N–H and O–H groups in total. The summed E-state index contributed by atoms with van der Waals surface area (Å²) in [6.07, 6.45) is 3.33. The molecule has 1 aromatic heterocycles. The van der Waals surface area contributed by atoms with Gasteiger partial charge in [-0.15, -0.1) is 0 Å². The van der Waals surface area contributed by atoms with E-state index in [4.69, 9.17) is 11.6 Å². The van der Waals surface area contributed by atoms with Crippen molar-refractivity contribution in [2.45, 2.75) is 13.3 Å². The number of rotatable bonds is 5. The van der Waals surface area contributed by atoms with Crippen LogP contribution < -0.4 is 4.90 Å². The van der Waals surface area contributed by atoms with Crippen LogP contribution in [0.25, 0.3) is 11.3 Å². The second kappa shape index (κ2) is 6.99. The van der Waals surface area contributed by atoms with Crippen molar-refractivity contribution in [3.63, 3.8) is 0 Å². The van der Waals surface area contributed by atoms with Gasteiger partial charge < -0.3 is 4.90 Å². The van der Waals surface area contributed by atoms with Crippen LogP contribution in [-0.2, 0) is 4.79 Å². The Kier molecular flexibility index (Phi) is 5.06. The second-order valence-electron chi connectivity index (χ2n) is 4.49. The largest absolute Gasteiger partial charge is 0.301 e. The van der Waals surface area contributed by atoms with Gasteiger partial charge >= 0.3 is 0 Å². The Bertz CT molecular complexity index is 670. The summed E-state index contributed by atoms with van der Waals surface area (Å²) >= 11 is 6.01. The number of hydrogen-bond donors (Lipinski definition) is 0. The Morgan fingerprint density at radius 2 is 2.14 bits per heavy atom. The number of hydrogen-bond acceptors (Lipinski definition) is 3. The number of pyridine rings is 1. The van der Waals surface area contributed by atoms with E-state index in [-0.39, 0.29) is 0 Å². The summed E-state index contributed by atoms with van der Waals surface area (Å²) in [6, 6.07) is 11.2. The monoisotopic (exact) mass is 301 g/mol. The van der Waals surface area contributed by atoms with Gasteiger partial charge in [-0.3, -0.25) is 9.79 Å². The molecule has 108 valence electrons. The fourth-order valence-corrected chi connectivity index (χ4v) is 2.04. The maximum atomic E-state index is 11.0. The lowest BCUT2D eigenvalue weighted by molar-refractivity contribution is -0.107. The standard InChI is InChI=1S/C16H16ClN3O/c1-3-9-18-15-8-7-14(19-16(15)20(2)11-21)12-5-4-6-13(17)10-12/h4-11H,3H2,1-2H3. The van der Waals surface area contributed by atoms with Crippen molar-refractivity contribution in [3.05, 3.63) is 41.4 Å². The zero-order chi connectivity index (χ0) is 15.2. The van der Waals surface area contributed by atoms with Crippen LogP contribution in [0.5, 0.6) is 0 Å². The van der Waals surface area contributed by atoms with E-state index >= 15 is 0 Å². The predicted octanol–water partition coefficient (Wildman–Crippen LogP) is 4.11. The van der Waals surface area contributed by atoms with Crippen LogP contribution in [0.1, 0.15) is 13.3 Å². The van der Waals surface area contributed by atoms with Gasteiger partial charge in [0.25, 0.3) is 0 Å². The van der Waals surface area contributed by atoms with Crippen molar-refractivity contribution in [2.24, 2.45) is 4.99 Å². The SMILES string of the molecule is CCC=Nc1ccc(-c2cccc(Cl)c2)nc1N(C)C=O. The lowest BCUT2D eigenvalue weighted by Crippen LogP contribution is -2.15. The highest BCUT2D eigenvalue weighted by Gasteiger charge is 2.10. The smallest absolute Gasteiger partial charge is 0.215 e. The first-order valence-electron chi connectivity index (χ1n) is 6.63. The molecule has 0 spiro atoms. The van der Waals surface area contributed by atoms with Gasteiger partial charge in [-0.2, -0.15) is 0 Å². The highest BCUT2D eigenvalue weighted by molar-refractivity contribution is 6.30. The van der Waals surface area contributed by atoms with E-state index in [2.05, 4.69) is 9.98 Å². The molecule has 0 aliphatic rings. The van der Waals surface area contributed by atoms with Gasteiger partial charge in [0.05, 0.1) is 5.69 Å². The molecule has 21 heavy (non-hydrogen) atoms. The lowest BCUT2D eigenvalue weighted by Gasteiger charge is -2.14. The van der Waals surface area contributed by atoms with E-state index in [1.54, 1.807) is 13.3 Å². The normalized spacial score (nSPS) is 10.8. The number of aromatic nitrogens is 1. The minimum Gasteiger partial charge on any atom is -0.301 e. The number of carbonyl (C=O) groups is 1. The van der Waals surface area contributed by atoms with Crippen LogP contribution in [0.2, 0.25) is 5.02 Å². The number of halogens is 1. The van der Waals surface area contributed by atoms with Crippen molar-refractivity contribution in [2.75, 3.05) is 11.9 Å². The van der Waals surface area contributed by atoms with E-state index in [1.807, 2.05) is 43.3 Å². The average Bonchev–Trinajstić information content (AvgIpc) is 2.52. The van der Waals surface area contributed by atoms with Crippen LogP contribution in [0.4, 0.5) is 11.5 Å². The van der Waals surface area contributed by atoms with Crippen molar-refractivity contribution in [1.82, 2.24) is 4.98 Å². The van der Waals surface area contributed by atoms with Gasteiger partial charge in [0.1, 0.15) is 5.69 Å². The summed E-state index contributed by atoms with van der Waals surface area (Å²) in [5.41, 5.74) is 2.31. The Morgan fingerprint density at radius 3 is 2.81 bits per heavy atom. The molecule has 0 saturated heterocycles. The van der Waals surface area contributed by atoms with Crippen LogP contribution in [0, 0.1) is 0 Å². The van der Waals surface area contributed by atoms with Crippen LogP contribution in [-0.4, -0.2) is 24.7 Å². The highest BCUT2D eigenvalue weighted by Crippen LogP contribution is 2.30. The number of nitrogens with zero attached hydrogens (tertiary/aromatic N) is 3. The van der Waals surface area contributed by atoms with E-state index in [0.29, 0.717) is 16.5 Å². The fraction of sp³-hybridized carbons (Fsp3) is 0.188. The third kappa shape index (κ3) is 3.67. The van der Waals surface area contributed by atoms with Crippen LogP contribution in [0.15, 0.2) is 41.4 Å². The van der Waals surface area contributed by atoms with Gasteiger partial charge in [-0.05, 0) is 30.7 Å². The zero-order valence-electron chi connectivity index (χ0n) is 12.0. The van der Waals surface area contributed by atoms with Crippen LogP contribution in [0.3, 0.4) is 0 Å². The Morgan fingerprint density at radius 1 is 1.33 bits per heavy atom. The van der Waals surface area contributed by atoms with Crippen LogP contribution >= 0.6 is 11.6 Å². The molecule has 1 amide bonds. The maximum Gasteiger partial charge on any atom is 0.215 e. The van der Waals surface area contributed by atoms with Crippen molar-refractivity contribution in [3.8, 4) is 11.3 Å². The lowest BCUT2D eigenvalue weighted by atomic mass is 10.1. The molecule has 1 heterocycles. The topological polar surface area (TPSA) is 45.6 Å². The van der Waals surface area contributed by atoms with E-state index in [9.17, 15) is 4.79 Å². The molecule has 0 atom stereocenters. The molecular formula is C16H16ClN3O. The molecular weight excluding hydrogens is 286 g/mol. The predicted molar refractivity (Wildman–Crippen MR) is 87.6 cm³/mol. The van der Waals surface area contributed by atoms with Gasteiger partial charge in [-0.1, -0.05) is 30.7 Å². The van der Waals surface area contributed by atoms with E-state index in [1.165, 1.54) is 4.90 Å². The number of anilines is 1. The minimum absolute atomic E-state index is 0.521. The number of benzene rings is 1. The molecule has 0 aliphatic carbocycles. The summed E-state index contributed by atoms with van der Waals surface area (Å²) in [4.78, 5) is 21.3. The molecule has 4 nitrogen and oxygen atoms in total. The summed E-state index contributed by atoms with van der Waals surface area (Å²) in [6.45, 7) is 2.00. The number of aliphatic imine (C=N–C) groups is 1. The summed E-state index contributed by atoms with van der Waals surface area (Å²) in [5.74, 6) is 0.521. The first kappa shape index (κ1) is 15.2. The molecule has 5 heteroatoms. The van der Waals surface area contributed by atoms with Crippen molar-refractivity contribution < 1.29 is 4.79 Å². The first-order valence-corrected chi connectivity index (χ1v) is 7.01. The Hall–Kier alpha value is -2.20. The number of amides is 1. The third-order valence-corrected chi connectivity index (χ3v) is 3.12. The van der Waals surface area contributed by atoms with Gasteiger partial charge in [0, 0.05) is 23.8 Å². The molecule has 0 unspecified atom stereocenters. The molecule has 0 radical (unpaired) electrons. The summed E-state index contributed by atoms with van der Waals surface area (Å²) in [7, 11) is 1.65.